The summed E-state index contributed by atoms with van der Waals surface area (Å²) in [7, 11) is 0. The Hall–Kier alpha value is -2.04. The zero-order valence-corrected chi connectivity index (χ0v) is 16.3. The van der Waals surface area contributed by atoms with Gasteiger partial charge in [0, 0.05) is 50.2 Å². The molecule has 0 bridgehead atoms. The second-order valence-electron chi connectivity index (χ2n) is 7.68. The highest BCUT2D eigenvalue weighted by Gasteiger charge is 2.29. The first kappa shape index (κ1) is 18.3. The van der Waals surface area contributed by atoms with E-state index in [9.17, 15) is 0 Å². The topological polar surface area (TPSA) is 41.1 Å². The lowest BCUT2D eigenvalue weighted by molar-refractivity contribution is 0.170. The van der Waals surface area contributed by atoms with E-state index in [4.69, 9.17) is 4.98 Å². The van der Waals surface area contributed by atoms with Crippen molar-refractivity contribution in [3.63, 3.8) is 0 Å². The molecule has 2 aromatic heterocycles. The summed E-state index contributed by atoms with van der Waals surface area (Å²) in [6, 6.07) is 9.42. The third-order valence-corrected chi connectivity index (χ3v) is 5.81. The lowest BCUT2D eigenvalue weighted by Gasteiger charge is -2.37. The van der Waals surface area contributed by atoms with Gasteiger partial charge in [0.2, 0.25) is 0 Å². The van der Waals surface area contributed by atoms with Crippen molar-refractivity contribution in [2.24, 2.45) is 0 Å². The molecular weight excluding hydrogens is 332 g/mol. The van der Waals surface area contributed by atoms with E-state index in [-0.39, 0.29) is 0 Å². The van der Waals surface area contributed by atoms with Gasteiger partial charge in [0.05, 0.1) is 11.7 Å². The number of fused-ring (bicyclic) bond motifs is 2. The SMILES string of the molecule is CC/C=C\CN(C[C@@H]1Cc2ncccc2CN1)[C@H]1CCCc2cccnc21. The summed E-state index contributed by atoms with van der Waals surface area (Å²) in [5, 5.41) is 3.73. The van der Waals surface area contributed by atoms with Gasteiger partial charge in [-0.05, 0) is 48.9 Å². The molecule has 27 heavy (non-hydrogen) atoms. The maximum absolute atomic E-state index is 4.78. The number of hydrogen-bond acceptors (Lipinski definition) is 4. The van der Waals surface area contributed by atoms with E-state index in [2.05, 4.69) is 52.5 Å². The van der Waals surface area contributed by atoms with Gasteiger partial charge in [0.1, 0.15) is 0 Å². The third-order valence-electron chi connectivity index (χ3n) is 5.81. The number of allylic oxidation sites excluding steroid dienone is 1. The lowest BCUT2D eigenvalue weighted by atomic mass is 9.90. The van der Waals surface area contributed by atoms with Gasteiger partial charge in [-0.3, -0.25) is 14.9 Å². The summed E-state index contributed by atoms with van der Waals surface area (Å²) in [5.74, 6) is 0. The van der Waals surface area contributed by atoms with Crippen LogP contribution in [0.15, 0.2) is 48.8 Å². The zero-order chi connectivity index (χ0) is 18.5. The van der Waals surface area contributed by atoms with Gasteiger partial charge in [0.25, 0.3) is 0 Å². The van der Waals surface area contributed by atoms with Gasteiger partial charge >= 0.3 is 0 Å². The monoisotopic (exact) mass is 362 g/mol. The average Bonchev–Trinajstić information content (AvgIpc) is 2.73. The Kier molecular flexibility index (Phi) is 5.95. The molecule has 2 aromatic rings. The number of hydrogen-bond donors (Lipinski definition) is 1. The van der Waals surface area contributed by atoms with Gasteiger partial charge in [-0.1, -0.05) is 31.2 Å². The van der Waals surface area contributed by atoms with Gasteiger partial charge in [-0.15, -0.1) is 0 Å². The maximum atomic E-state index is 4.78. The van der Waals surface area contributed by atoms with Crippen molar-refractivity contribution >= 4 is 0 Å². The van der Waals surface area contributed by atoms with Crippen LogP contribution in [0.25, 0.3) is 0 Å². The summed E-state index contributed by atoms with van der Waals surface area (Å²) in [6.45, 7) is 5.14. The largest absolute Gasteiger partial charge is 0.308 e. The van der Waals surface area contributed by atoms with Crippen molar-refractivity contribution < 1.29 is 0 Å². The van der Waals surface area contributed by atoms with Crippen LogP contribution in [0, 0.1) is 0 Å². The van der Waals surface area contributed by atoms with Crippen LogP contribution in [0.3, 0.4) is 0 Å². The maximum Gasteiger partial charge on any atom is 0.0607 e. The fraction of sp³-hybridized carbons (Fsp3) is 0.478. The van der Waals surface area contributed by atoms with E-state index < -0.39 is 0 Å². The first-order valence-electron chi connectivity index (χ1n) is 10.3. The number of aromatic nitrogens is 2. The summed E-state index contributed by atoms with van der Waals surface area (Å²) in [4.78, 5) is 12.0. The molecule has 0 spiro atoms. The summed E-state index contributed by atoms with van der Waals surface area (Å²) in [6.07, 6.45) is 14.2. The molecule has 3 heterocycles. The van der Waals surface area contributed by atoms with Crippen LogP contribution < -0.4 is 5.32 Å². The van der Waals surface area contributed by atoms with E-state index in [1.807, 2.05) is 18.5 Å². The molecule has 1 aliphatic heterocycles. The first-order chi connectivity index (χ1) is 13.3. The Morgan fingerprint density at radius 3 is 2.89 bits per heavy atom. The highest BCUT2D eigenvalue weighted by Crippen LogP contribution is 2.33. The van der Waals surface area contributed by atoms with E-state index in [1.54, 1.807) is 0 Å². The Balaban J connectivity index is 1.53. The summed E-state index contributed by atoms with van der Waals surface area (Å²) >= 11 is 0. The van der Waals surface area contributed by atoms with Crippen molar-refractivity contribution in [1.29, 1.82) is 0 Å². The molecule has 4 heteroatoms. The molecule has 1 N–H and O–H groups in total. The Morgan fingerprint density at radius 1 is 1.15 bits per heavy atom. The van der Waals surface area contributed by atoms with E-state index >= 15 is 0 Å². The molecule has 4 nitrogen and oxygen atoms in total. The Labute approximate surface area is 162 Å². The standard InChI is InChI=1S/C23H30N4/c1-2-3-4-14-27(22-11-5-8-18-9-6-13-25-23(18)22)17-20-15-21-19(16-26-20)10-7-12-24-21/h3-4,6-7,9-10,12-13,20,22,26H,2,5,8,11,14-17H2,1H3/b4-3-/t20-,22-/m0/s1. The van der Waals surface area contributed by atoms with Gasteiger partial charge in [-0.25, -0.2) is 0 Å². The molecule has 4 rings (SSSR count). The van der Waals surface area contributed by atoms with Crippen LogP contribution in [-0.4, -0.2) is 34.0 Å². The second kappa shape index (κ2) is 8.77. The quantitative estimate of drug-likeness (QED) is 0.793. The molecule has 2 aliphatic rings. The normalized spacial score (nSPS) is 22.0. The first-order valence-corrected chi connectivity index (χ1v) is 10.3. The van der Waals surface area contributed by atoms with Crippen molar-refractivity contribution in [2.45, 2.75) is 57.7 Å². The molecule has 142 valence electrons. The molecule has 0 aromatic carbocycles. The van der Waals surface area contributed by atoms with E-state index in [0.717, 1.165) is 38.9 Å². The zero-order valence-electron chi connectivity index (χ0n) is 16.3. The van der Waals surface area contributed by atoms with Crippen LogP contribution in [0.5, 0.6) is 0 Å². The third kappa shape index (κ3) is 4.28. The highest BCUT2D eigenvalue weighted by atomic mass is 15.2. The fourth-order valence-corrected chi connectivity index (χ4v) is 4.43. The van der Waals surface area contributed by atoms with E-state index in [0.29, 0.717) is 12.1 Å². The Bertz CT molecular complexity index is 785. The smallest absolute Gasteiger partial charge is 0.0607 e. The van der Waals surface area contributed by atoms with Gasteiger partial charge < -0.3 is 5.32 Å². The molecule has 2 atom stereocenters. The van der Waals surface area contributed by atoms with Crippen LogP contribution in [0.2, 0.25) is 0 Å². The molecule has 0 unspecified atom stereocenters. The van der Waals surface area contributed by atoms with Crippen molar-refractivity contribution in [3.05, 3.63) is 71.3 Å². The predicted octanol–water partition coefficient (Wildman–Crippen LogP) is 3.84. The molecule has 1 aliphatic carbocycles. The van der Waals surface area contributed by atoms with Crippen molar-refractivity contribution in [1.82, 2.24) is 20.2 Å². The van der Waals surface area contributed by atoms with Crippen LogP contribution in [-0.2, 0) is 19.4 Å². The van der Waals surface area contributed by atoms with Gasteiger partial charge in [0.15, 0.2) is 0 Å². The summed E-state index contributed by atoms with van der Waals surface area (Å²) in [5.41, 5.74) is 5.33. The molecule has 0 radical (unpaired) electrons. The Morgan fingerprint density at radius 2 is 2.00 bits per heavy atom. The molecule has 0 fully saturated rings. The van der Waals surface area contributed by atoms with Crippen LogP contribution in [0.1, 0.15) is 54.7 Å². The minimum Gasteiger partial charge on any atom is -0.308 e. The average molecular weight is 363 g/mol. The lowest BCUT2D eigenvalue weighted by Crippen LogP contribution is -2.46. The fourth-order valence-electron chi connectivity index (χ4n) is 4.43. The minimum absolute atomic E-state index is 0.420. The number of aryl methyl sites for hydroxylation is 1. The van der Waals surface area contributed by atoms with Crippen molar-refractivity contribution in [3.8, 4) is 0 Å². The predicted molar refractivity (Wildman–Crippen MR) is 109 cm³/mol. The molecule has 0 saturated heterocycles. The number of pyridine rings is 2. The van der Waals surface area contributed by atoms with Crippen molar-refractivity contribution in [2.75, 3.05) is 13.1 Å². The van der Waals surface area contributed by atoms with Crippen LogP contribution in [0.4, 0.5) is 0 Å². The molecular formula is C23H30N4. The molecule has 0 saturated carbocycles. The molecule has 0 amide bonds. The van der Waals surface area contributed by atoms with E-state index in [1.165, 1.54) is 35.4 Å². The minimum atomic E-state index is 0.420. The number of nitrogens with one attached hydrogen (secondary N) is 1. The summed E-state index contributed by atoms with van der Waals surface area (Å²) < 4.78 is 0. The number of nitrogens with zero attached hydrogens (tertiary/aromatic N) is 3. The second-order valence-corrected chi connectivity index (χ2v) is 7.68. The van der Waals surface area contributed by atoms with Gasteiger partial charge in [-0.2, -0.15) is 0 Å². The highest BCUT2D eigenvalue weighted by molar-refractivity contribution is 5.26. The number of rotatable bonds is 6. The van der Waals surface area contributed by atoms with Crippen LogP contribution >= 0.6 is 0 Å².